The summed E-state index contributed by atoms with van der Waals surface area (Å²) < 4.78 is 47.0. The summed E-state index contributed by atoms with van der Waals surface area (Å²) in [5.41, 5.74) is 0.742. The average Bonchev–Trinajstić information content (AvgIpc) is 2.64. The summed E-state index contributed by atoms with van der Waals surface area (Å²) in [7, 11) is 1.28. The van der Waals surface area contributed by atoms with Gasteiger partial charge in [-0.15, -0.1) is 0 Å². The van der Waals surface area contributed by atoms with Crippen molar-refractivity contribution in [2.45, 2.75) is 25.5 Å². The minimum Gasteiger partial charge on any atom is -0.494 e. The highest BCUT2D eigenvalue weighted by Gasteiger charge is 2.23. The number of carboxylic acids is 1. The summed E-state index contributed by atoms with van der Waals surface area (Å²) >= 11 is 0. The summed E-state index contributed by atoms with van der Waals surface area (Å²) in [5, 5.41) is 11.7. The van der Waals surface area contributed by atoms with E-state index in [0.717, 1.165) is 6.07 Å². The smallest absolute Gasteiger partial charge is 0.387 e. The van der Waals surface area contributed by atoms with Crippen molar-refractivity contribution in [2.24, 2.45) is 0 Å². The molecule has 0 saturated carbocycles. The van der Waals surface area contributed by atoms with E-state index < -0.39 is 30.3 Å². The molecule has 1 unspecified atom stereocenters. The van der Waals surface area contributed by atoms with Gasteiger partial charge in [0.05, 0.1) is 7.11 Å². The van der Waals surface area contributed by atoms with E-state index in [1.807, 2.05) is 0 Å². The Labute approximate surface area is 158 Å². The van der Waals surface area contributed by atoms with E-state index in [1.54, 1.807) is 0 Å². The highest BCUT2D eigenvalue weighted by Crippen LogP contribution is 2.22. The van der Waals surface area contributed by atoms with E-state index in [9.17, 15) is 27.9 Å². The van der Waals surface area contributed by atoms with Crippen molar-refractivity contribution in [3.05, 3.63) is 59.4 Å². The van der Waals surface area contributed by atoms with E-state index in [1.165, 1.54) is 43.5 Å². The number of carbonyl (C=O) groups is 2. The zero-order chi connectivity index (χ0) is 20.7. The first-order valence-corrected chi connectivity index (χ1v) is 8.19. The number of carbonyl (C=O) groups excluding carboxylic acids is 1. The average molecular weight is 397 g/mol. The molecule has 2 aromatic rings. The maximum absolute atomic E-state index is 13.8. The molecule has 0 spiro atoms. The van der Waals surface area contributed by atoms with E-state index in [0.29, 0.717) is 5.56 Å². The fraction of sp³-hybridized carbons (Fsp3) is 0.263. The predicted octanol–water partition coefficient (Wildman–Crippen LogP) is 3.31. The second-order valence-corrected chi connectivity index (χ2v) is 5.76. The maximum Gasteiger partial charge on any atom is 0.387 e. The summed E-state index contributed by atoms with van der Waals surface area (Å²) in [5.74, 6) is -2.69. The molecule has 0 fully saturated rings. The number of hydrogen-bond acceptors (Lipinski definition) is 4. The number of nitrogens with one attached hydrogen (secondary N) is 1. The van der Waals surface area contributed by atoms with Crippen molar-refractivity contribution >= 4 is 11.9 Å². The van der Waals surface area contributed by atoms with Gasteiger partial charge in [0, 0.05) is 6.42 Å². The molecule has 1 atom stereocenters. The Morgan fingerprint density at radius 3 is 2.36 bits per heavy atom. The Balaban J connectivity index is 1.97. The van der Waals surface area contributed by atoms with Crippen LogP contribution in [-0.4, -0.2) is 30.7 Å². The minimum atomic E-state index is -2.92. The molecule has 0 aliphatic carbocycles. The quantitative estimate of drug-likeness (QED) is 0.678. The van der Waals surface area contributed by atoms with Crippen LogP contribution in [0.5, 0.6) is 11.5 Å². The summed E-state index contributed by atoms with van der Waals surface area (Å²) in [6, 6.07) is 7.93. The number of halogens is 3. The van der Waals surface area contributed by atoms with Gasteiger partial charge in [0.2, 0.25) is 5.91 Å². The van der Waals surface area contributed by atoms with Gasteiger partial charge in [-0.25, -0.2) is 9.18 Å². The molecule has 9 heteroatoms. The lowest BCUT2D eigenvalue weighted by Crippen LogP contribution is -2.34. The van der Waals surface area contributed by atoms with Gasteiger partial charge in [-0.2, -0.15) is 8.78 Å². The molecule has 0 aliphatic heterocycles. The molecule has 6 nitrogen and oxygen atoms in total. The fourth-order valence-corrected chi connectivity index (χ4v) is 2.48. The second kappa shape index (κ2) is 9.63. The minimum absolute atomic E-state index is 0.00400. The van der Waals surface area contributed by atoms with Gasteiger partial charge in [0.1, 0.15) is 5.75 Å². The largest absolute Gasteiger partial charge is 0.494 e. The number of aliphatic carboxylic acids is 1. The first-order valence-electron chi connectivity index (χ1n) is 8.19. The number of alkyl halides is 2. The van der Waals surface area contributed by atoms with Crippen LogP contribution in [0.1, 0.15) is 23.6 Å². The van der Waals surface area contributed by atoms with Gasteiger partial charge in [0.15, 0.2) is 17.6 Å². The van der Waals surface area contributed by atoms with Crippen molar-refractivity contribution in [3.63, 3.8) is 0 Å². The van der Waals surface area contributed by atoms with Gasteiger partial charge in [-0.05, 0) is 41.8 Å². The van der Waals surface area contributed by atoms with Gasteiger partial charge >= 0.3 is 12.6 Å². The number of carboxylic acid groups (broad SMARTS) is 1. The Kier molecular flexibility index (Phi) is 7.25. The standard InChI is InChI=1S/C19H18F3NO5/c1-27-15-8-5-12(10-14(15)20)17(18(25)26)23-16(24)9-4-11-2-6-13(7-3-11)28-19(21)22/h2-3,5-8,10,17,19H,4,9H2,1H3,(H,23,24)(H,25,26). The van der Waals surface area contributed by atoms with Gasteiger partial charge < -0.3 is 19.9 Å². The number of amides is 1. The van der Waals surface area contributed by atoms with Gasteiger partial charge in [-0.1, -0.05) is 18.2 Å². The van der Waals surface area contributed by atoms with Crippen LogP contribution in [0, 0.1) is 5.82 Å². The van der Waals surface area contributed by atoms with Crippen molar-refractivity contribution in [3.8, 4) is 11.5 Å². The van der Waals surface area contributed by atoms with Crippen molar-refractivity contribution in [1.82, 2.24) is 5.32 Å². The van der Waals surface area contributed by atoms with Crippen LogP contribution in [0.2, 0.25) is 0 Å². The monoisotopic (exact) mass is 397 g/mol. The van der Waals surface area contributed by atoms with E-state index in [-0.39, 0.29) is 29.9 Å². The molecular formula is C19H18F3NO5. The molecule has 0 aromatic heterocycles. The maximum atomic E-state index is 13.8. The number of aryl methyl sites for hydroxylation is 1. The highest BCUT2D eigenvalue weighted by atomic mass is 19.3. The molecule has 0 saturated heterocycles. The van der Waals surface area contributed by atoms with E-state index in [4.69, 9.17) is 4.74 Å². The molecule has 28 heavy (non-hydrogen) atoms. The number of benzene rings is 2. The molecule has 1 amide bonds. The second-order valence-electron chi connectivity index (χ2n) is 5.76. The van der Waals surface area contributed by atoms with Crippen LogP contribution in [0.3, 0.4) is 0 Å². The Bertz CT molecular complexity index is 827. The van der Waals surface area contributed by atoms with E-state index >= 15 is 0 Å². The first kappa shape index (κ1) is 21.1. The van der Waals surface area contributed by atoms with Crippen molar-refractivity contribution in [2.75, 3.05) is 7.11 Å². The highest BCUT2D eigenvalue weighted by molar-refractivity contribution is 5.84. The molecule has 0 bridgehead atoms. The topological polar surface area (TPSA) is 84.9 Å². The zero-order valence-electron chi connectivity index (χ0n) is 14.8. The van der Waals surface area contributed by atoms with Crippen molar-refractivity contribution in [1.29, 1.82) is 0 Å². The number of ether oxygens (including phenoxy) is 2. The molecule has 0 heterocycles. The third kappa shape index (κ3) is 5.90. The lowest BCUT2D eigenvalue weighted by molar-refractivity contribution is -0.142. The molecule has 150 valence electrons. The Morgan fingerprint density at radius 1 is 1.14 bits per heavy atom. The predicted molar refractivity (Wildman–Crippen MR) is 92.9 cm³/mol. The molecule has 2 rings (SSSR count). The molecule has 0 radical (unpaired) electrons. The Hall–Kier alpha value is -3.23. The van der Waals surface area contributed by atoms with Crippen LogP contribution in [0.25, 0.3) is 0 Å². The third-order valence-corrected chi connectivity index (χ3v) is 3.85. The number of rotatable bonds is 9. The van der Waals surface area contributed by atoms with Gasteiger partial charge in [0.25, 0.3) is 0 Å². The third-order valence-electron chi connectivity index (χ3n) is 3.85. The van der Waals surface area contributed by atoms with Crippen molar-refractivity contribution < 1.29 is 37.3 Å². The van der Waals surface area contributed by atoms with Crippen LogP contribution >= 0.6 is 0 Å². The molecule has 2 N–H and O–H groups in total. The SMILES string of the molecule is COc1ccc(C(NC(=O)CCc2ccc(OC(F)F)cc2)C(=O)O)cc1F. The van der Waals surface area contributed by atoms with Crippen LogP contribution in [0.15, 0.2) is 42.5 Å². The summed E-state index contributed by atoms with van der Waals surface area (Å²) in [6.07, 6.45) is 0.210. The lowest BCUT2D eigenvalue weighted by atomic mass is 10.1. The summed E-state index contributed by atoms with van der Waals surface area (Å²) in [6.45, 7) is -2.92. The Morgan fingerprint density at radius 2 is 1.82 bits per heavy atom. The molecule has 2 aromatic carbocycles. The normalized spacial score (nSPS) is 11.8. The zero-order valence-corrected chi connectivity index (χ0v) is 14.8. The molecule has 0 aliphatic rings. The fourth-order valence-electron chi connectivity index (χ4n) is 2.48. The van der Waals surface area contributed by atoms with Crippen LogP contribution in [0.4, 0.5) is 13.2 Å². The van der Waals surface area contributed by atoms with E-state index in [2.05, 4.69) is 10.1 Å². The first-order chi connectivity index (χ1) is 13.3. The van der Waals surface area contributed by atoms with Crippen LogP contribution in [-0.2, 0) is 16.0 Å². The summed E-state index contributed by atoms with van der Waals surface area (Å²) in [4.78, 5) is 23.6. The van der Waals surface area contributed by atoms with Gasteiger partial charge in [-0.3, -0.25) is 4.79 Å². The number of methoxy groups -OCH3 is 1. The lowest BCUT2D eigenvalue weighted by Gasteiger charge is -2.16. The van der Waals surface area contributed by atoms with Crippen LogP contribution < -0.4 is 14.8 Å². The number of hydrogen-bond donors (Lipinski definition) is 2. The molecular weight excluding hydrogens is 379 g/mol.